The molecule has 2 N–H and O–H groups in total. The van der Waals surface area contributed by atoms with Crippen molar-refractivity contribution in [1.82, 2.24) is 4.98 Å². The smallest absolute Gasteiger partial charge is 0.130 e. The van der Waals surface area contributed by atoms with E-state index in [9.17, 15) is 5.11 Å². The molecule has 1 saturated heterocycles. The molecule has 1 saturated carbocycles. The van der Waals surface area contributed by atoms with Crippen LogP contribution in [0.2, 0.25) is 0 Å². The Bertz CT molecular complexity index is 437. The minimum Gasteiger partial charge on any atom is -0.393 e. The fraction of sp³-hybridized carbons (Fsp3) is 0.667. The highest BCUT2D eigenvalue weighted by atomic mass is 16.3. The van der Waals surface area contributed by atoms with Crippen LogP contribution in [-0.4, -0.2) is 35.8 Å². The van der Waals surface area contributed by atoms with Crippen molar-refractivity contribution >= 4 is 11.6 Å². The number of aliphatic hydroxyl groups excluding tert-OH is 1. The summed E-state index contributed by atoms with van der Waals surface area (Å²) in [5.74, 6) is 3.11. The first-order valence-corrected chi connectivity index (χ1v) is 7.42. The van der Waals surface area contributed by atoms with Gasteiger partial charge in [-0.1, -0.05) is 13.0 Å². The molecule has 2 aliphatic rings. The van der Waals surface area contributed by atoms with Gasteiger partial charge >= 0.3 is 0 Å². The first-order chi connectivity index (χ1) is 9.28. The van der Waals surface area contributed by atoms with Gasteiger partial charge in [0.15, 0.2) is 0 Å². The molecule has 0 radical (unpaired) electrons. The molecule has 0 amide bonds. The molecule has 1 aromatic rings. The summed E-state index contributed by atoms with van der Waals surface area (Å²) in [6.45, 7) is 5.11. The van der Waals surface area contributed by atoms with E-state index in [2.05, 4.69) is 34.3 Å². The van der Waals surface area contributed by atoms with E-state index in [0.29, 0.717) is 11.8 Å². The summed E-state index contributed by atoms with van der Waals surface area (Å²) in [7, 11) is 0. The van der Waals surface area contributed by atoms with Crippen LogP contribution in [-0.2, 0) is 0 Å². The second kappa shape index (κ2) is 5.37. The Morgan fingerprint density at radius 3 is 3.05 bits per heavy atom. The number of pyridine rings is 1. The molecule has 3 atom stereocenters. The SMILES string of the molecule is CCCNc1cccc(N2CC3CCC(O)C3C2)n1. The maximum atomic E-state index is 9.98. The molecule has 0 spiro atoms. The van der Waals surface area contributed by atoms with Gasteiger partial charge in [0.1, 0.15) is 11.6 Å². The van der Waals surface area contributed by atoms with Gasteiger partial charge in [-0.15, -0.1) is 0 Å². The van der Waals surface area contributed by atoms with Gasteiger partial charge in [-0.05, 0) is 37.3 Å². The maximum absolute atomic E-state index is 9.98. The van der Waals surface area contributed by atoms with Gasteiger partial charge in [0.25, 0.3) is 0 Å². The van der Waals surface area contributed by atoms with Gasteiger partial charge in [0.05, 0.1) is 6.10 Å². The number of hydrogen-bond acceptors (Lipinski definition) is 4. The monoisotopic (exact) mass is 261 g/mol. The highest BCUT2D eigenvalue weighted by molar-refractivity contribution is 5.48. The Morgan fingerprint density at radius 1 is 1.37 bits per heavy atom. The maximum Gasteiger partial charge on any atom is 0.130 e. The van der Waals surface area contributed by atoms with Crippen LogP contribution < -0.4 is 10.2 Å². The van der Waals surface area contributed by atoms with Crippen LogP contribution in [0.5, 0.6) is 0 Å². The van der Waals surface area contributed by atoms with Crippen molar-refractivity contribution in [3.63, 3.8) is 0 Å². The van der Waals surface area contributed by atoms with E-state index in [0.717, 1.165) is 50.5 Å². The van der Waals surface area contributed by atoms with Crippen LogP contribution in [0.1, 0.15) is 26.2 Å². The zero-order chi connectivity index (χ0) is 13.2. The molecule has 4 heteroatoms. The molecule has 0 bridgehead atoms. The van der Waals surface area contributed by atoms with E-state index in [1.165, 1.54) is 0 Å². The van der Waals surface area contributed by atoms with Crippen molar-refractivity contribution in [3.05, 3.63) is 18.2 Å². The predicted molar refractivity (Wildman–Crippen MR) is 77.5 cm³/mol. The molecule has 1 aromatic heterocycles. The topological polar surface area (TPSA) is 48.4 Å². The molecule has 19 heavy (non-hydrogen) atoms. The van der Waals surface area contributed by atoms with E-state index in [1.807, 2.05) is 6.07 Å². The molecule has 1 aliphatic heterocycles. The van der Waals surface area contributed by atoms with Crippen LogP contribution >= 0.6 is 0 Å². The van der Waals surface area contributed by atoms with Gasteiger partial charge in [-0.2, -0.15) is 0 Å². The van der Waals surface area contributed by atoms with Crippen LogP contribution in [0.25, 0.3) is 0 Å². The van der Waals surface area contributed by atoms with Crippen molar-refractivity contribution in [2.24, 2.45) is 11.8 Å². The summed E-state index contributed by atoms with van der Waals surface area (Å²) in [6.07, 6.45) is 3.15. The Hall–Kier alpha value is -1.29. The lowest BCUT2D eigenvalue weighted by atomic mass is 10.00. The van der Waals surface area contributed by atoms with Gasteiger partial charge in [-0.3, -0.25) is 0 Å². The number of rotatable bonds is 4. The molecule has 0 aromatic carbocycles. The number of nitrogens with one attached hydrogen (secondary N) is 1. The standard InChI is InChI=1S/C15H23N3O/c1-2-8-16-14-4-3-5-15(17-14)18-9-11-6-7-13(19)12(11)10-18/h3-5,11-13,19H,2,6-10H2,1H3,(H,16,17). The lowest BCUT2D eigenvalue weighted by molar-refractivity contribution is 0.133. The van der Waals surface area contributed by atoms with E-state index in [1.54, 1.807) is 0 Å². The van der Waals surface area contributed by atoms with Gasteiger partial charge in [0.2, 0.25) is 0 Å². The summed E-state index contributed by atoms with van der Waals surface area (Å²) in [5, 5.41) is 13.3. The third-order valence-electron chi connectivity index (χ3n) is 4.43. The fourth-order valence-corrected chi connectivity index (χ4v) is 3.37. The van der Waals surface area contributed by atoms with Crippen molar-refractivity contribution in [2.45, 2.75) is 32.3 Å². The first-order valence-electron chi connectivity index (χ1n) is 7.42. The second-order valence-corrected chi connectivity index (χ2v) is 5.78. The average Bonchev–Trinajstić information content (AvgIpc) is 3.00. The number of aliphatic hydroxyl groups is 1. The summed E-state index contributed by atoms with van der Waals surface area (Å²) in [4.78, 5) is 7.01. The number of nitrogens with zero attached hydrogens (tertiary/aromatic N) is 2. The summed E-state index contributed by atoms with van der Waals surface area (Å²) in [5.41, 5.74) is 0. The number of fused-ring (bicyclic) bond motifs is 1. The van der Waals surface area contributed by atoms with Crippen LogP contribution in [0.15, 0.2) is 18.2 Å². The molecule has 4 nitrogen and oxygen atoms in total. The normalized spacial score (nSPS) is 29.6. The molecule has 3 rings (SSSR count). The summed E-state index contributed by atoms with van der Waals surface area (Å²) in [6, 6.07) is 6.15. The Labute approximate surface area is 114 Å². The van der Waals surface area contributed by atoms with Gasteiger partial charge in [-0.25, -0.2) is 4.98 Å². The van der Waals surface area contributed by atoms with E-state index >= 15 is 0 Å². The van der Waals surface area contributed by atoms with Gasteiger partial charge < -0.3 is 15.3 Å². The minimum atomic E-state index is -0.101. The number of anilines is 2. The molecular weight excluding hydrogens is 238 g/mol. The van der Waals surface area contributed by atoms with Crippen molar-refractivity contribution < 1.29 is 5.11 Å². The molecule has 2 fully saturated rings. The van der Waals surface area contributed by atoms with Crippen molar-refractivity contribution in [3.8, 4) is 0 Å². The van der Waals surface area contributed by atoms with Crippen molar-refractivity contribution in [2.75, 3.05) is 29.9 Å². The van der Waals surface area contributed by atoms with Crippen LogP contribution in [0.3, 0.4) is 0 Å². The van der Waals surface area contributed by atoms with Crippen LogP contribution in [0, 0.1) is 11.8 Å². The first kappa shape index (κ1) is 12.7. The number of aromatic nitrogens is 1. The third kappa shape index (κ3) is 2.54. The Kier molecular flexibility index (Phi) is 3.60. The summed E-state index contributed by atoms with van der Waals surface area (Å²) >= 11 is 0. The quantitative estimate of drug-likeness (QED) is 0.871. The predicted octanol–water partition coefficient (Wildman–Crippen LogP) is 2.11. The Morgan fingerprint density at radius 2 is 2.26 bits per heavy atom. The third-order valence-corrected chi connectivity index (χ3v) is 4.43. The van der Waals surface area contributed by atoms with E-state index in [4.69, 9.17) is 0 Å². The summed E-state index contributed by atoms with van der Waals surface area (Å²) < 4.78 is 0. The fourth-order valence-electron chi connectivity index (χ4n) is 3.37. The van der Waals surface area contributed by atoms with Crippen molar-refractivity contribution in [1.29, 1.82) is 0 Å². The minimum absolute atomic E-state index is 0.101. The van der Waals surface area contributed by atoms with Crippen LogP contribution in [0.4, 0.5) is 11.6 Å². The highest BCUT2D eigenvalue weighted by Crippen LogP contribution is 2.39. The molecular formula is C15H23N3O. The second-order valence-electron chi connectivity index (χ2n) is 5.78. The molecule has 3 unspecified atom stereocenters. The van der Waals surface area contributed by atoms with E-state index in [-0.39, 0.29) is 6.10 Å². The van der Waals surface area contributed by atoms with Gasteiger partial charge in [0, 0.05) is 25.6 Å². The van der Waals surface area contributed by atoms with E-state index < -0.39 is 0 Å². The number of hydrogen-bond donors (Lipinski definition) is 2. The largest absolute Gasteiger partial charge is 0.393 e. The highest BCUT2D eigenvalue weighted by Gasteiger charge is 2.42. The average molecular weight is 261 g/mol. The lowest BCUT2D eigenvalue weighted by Crippen LogP contribution is -2.25. The Balaban J connectivity index is 1.69. The zero-order valence-electron chi connectivity index (χ0n) is 11.5. The molecule has 1 aliphatic carbocycles. The lowest BCUT2D eigenvalue weighted by Gasteiger charge is -2.20. The molecule has 104 valence electrons. The molecule has 2 heterocycles. The zero-order valence-corrected chi connectivity index (χ0v) is 11.5.